The molecule has 0 spiro atoms. The van der Waals surface area contributed by atoms with Crippen LogP contribution in [0.15, 0.2) is 48.5 Å². The number of hydrogen-bond acceptors (Lipinski definition) is 2. The summed E-state index contributed by atoms with van der Waals surface area (Å²) in [6, 6.07) is 23.6. The molecule has 84 valence electrons. The Morgan fingerprint density at radius 2 is 1.18 bits per heavy atom. The first-order chi connectivity index (χ1) is 7.86. The fourth-order valence-electron chi connectivity index (χ4n) is 0.926. The molecular weight excluding hydrogens is 303 g/mol. The van der Waals surface area contributed by atoms with Gasteiger partial charge in [-0.15, -0.1) is 60.7 Å². The molecular formula is C14H8N2Pd. The average Bonchev–Trinajstić information content (AvgIpc) is 2.41. The first kappa shape index (κ1) is 15.1. The van der Waals surface area contributed by atoms with Gasteiger partial charge >= 0.3 is 20.4 Å². The molecule has 0 saturated heterocycles. The molecule has 3 heteroatoms. The van der Waals surface area contributed by atoms with Gasteiger partial charge in [0.15, 0.2) is 0 Å². The Labute approximate surface area is 115 Å². The Kier molecular flexibility index (Phi) is 8.27. The van der Waals surface area contributed by atoms with Crippen molar-refractivity contribution in [1.29, 1.82) is 10.5 Å². The zero-order chi connectivity index (χ0) is 11.6. The average molecular weight is 311 g/mol. The van der Waals surface area contributed by atoms with Gasteiger partial charge in [-0.25, -0.2) is 0 Å². The van der Waals surface area contributed by atoms with Gasteiger partial charge < -0.3 is 0 Å². The summed E-state index contributed by atoms with van der Waals surface area (Å²) in [7, 11) is 0. The van der Waals surface area contributed by atoms with Gasteiger partial charge in [0.05, 0.1) is 0 Å². The molecule has 0 amide bonds. The molecule has 0 fully saturated rings. The van der Waals surface area contributed by atoms with Crippen molar-refractivity contribution in [2.75, 3.05) is 0 Å². The monoisotopic (exact) mass is 310 g/mol. The molecule has 0 saturated carbocycles. The van der Waals surface area contributed by atoms with Crippen molar-refractivity contribution in [3.63, 3.8) is 0 Å². The first-order valence-electron chi connectivity index (χ1n) is 4.60. The molecule has 2 rings (SSSR count). The first-order valence-corrected chi connectivity index (χ1v) is 4.60. The van der Waals surface area contributed by atoms with E-state index in [0.717, 1.165) is 0 Å². The van der Waals surface area contributed by atoms with Gasteiger partial charge in [0.25, 0.3) is 0 Å². The second-order valence-corrected chi connectivity index (χ2v) is 2.78. The summed E-state index contributed by atoms with van der Waals surface area (Å²) in [6.45, 7) is 0. The van der Waals surface area contributed by atoms with Crippen molar-refractivity contribution in [1.82, 2.24) is 0 Å². The van der Waals surface area contributed by atoms with E-state index in [-0.39, 0.29) is 20.4 Å². The van der Waals surface area contributed by atoms with E-state index in [2.05, 4.69) is 12.1 Å². The molecule has 0 radical (unpaired) electrons. The van der Waals surface area contributed by atoms with E-state index in [1.807, 2.05) is 36.4 Å². The smallest absolute Gasteiger partial charge is 0.262 e. The van der Waals surface area contributed by atoms with Gasteiger partial charge in [-0.05, 0) is 12.1 Å². The fraction of sp³-hybridized carbons (Fsp3) is 0. The molecule has 2 aromatic rings. The Hall–Kier alpha value is -1.92. The van der Waals surface area contributed by atoms with Gasteiger partial charge in [0.2, 0.25) is 0 Å². The molecule has 2 aromatic carbocycles. The number of benzene rings is 2. The second kappa shape index (κ2) is 9.32. The maximum absolute atomic E-state index is 8.26. The SMILES string of the molecule is N#Cc1[c-]cccc1.N#Cc1[c-]cccc1.[Pd+2]. The minimum absolute atomic E-state index is 0. The topological polar surface area (TPSA) is 47.6 Å². The van der Waals surface area contributed by atoms with Crippen molar-refractivity contribution < 1.29 is 20.4 Å². The van der Waals surface area contributed by atoms with Gasteiger partial charge in [0.1, 0.15) is 0 Å². The summed E-state index contributed by atoms with van der Waals surface area (Å²) in [5.74, 6) is 0. The number of hydrogen-bond donors (Lipinski definition) is 0. The zero-order valence-electron chi connectivity index (χ0n) is 8.83. The molecule has 0 atom stereocenters. The van der Waals surface area contributed by atoms with Crippen LogP contribution in [0.5, 0.6) is 0 Å². The minimum Gasteiger partial charge on any atom is -0.262 e. The van der Waals surface area contributed by atoms with Crippen molar-refractivity contribution in [3.8, 4) is 12.1 Å². The molecule has 0 heterocycles. The van der Waals surface area contributed by atoms with Crippen LogP contribution in [0.2, 0.25) is 0 Å². The zero-order valence-corrected chi connectivity index (χ0v) is 10.4. The third kappa shape index (κ3) is 6.29. The predicted octanol–water partition coefficient (Wildman–Crippen LogP) is 2.71. The van der Waals surface area contributed by atoms with E-state index in [0.29, 0.717) is 11.1 Å². The Bertz CT molecular complexity index is 446. The van der Waals surface area contributed by atoms with Gasteiger partial charge in [-0.3, -0.25) is 10.5 Å². The summed E-state index contributed by atoms with van der Waals surface area (Å²) < 4.78 is 0. The van der Waals surface area contributed by atoms with Crippen molar-refractivity contribution in [2.45, 2.75) is 0 Å². The van der Waals surface area contributed by atoms with E-state index in [1.54, 1.807) is 24.3 Å². The second-order valence-electron chi connectivity index (χ2n) is 2.78. The summed E-state index contributed by atoms with van der Waals surface area (Å²) >= 11 is 0. The summed E-state index contributed by atoms with van der Waals surface area (Å²) in [5.41, 5.74) is 1.18. The van der Waals surface area contributed by atoms with Crippen LogP contribution in [0.1, 0.15) is 11.1 Å². The fourth-order valence-corrected chi connectivity index (χ4v) is 0.926. The summed E-state index contributed by atoms with van der Waals surface area (Å²) in [5, 5.41) is 16.5. The molecule has 0 aliphatic carbocycles. The Morgan fingerprint density at radius 3 is 1.35 bits per heavy atom. The van der Waals surface area contributed by atoms with Crippen LogP contribution < -0.4 is 0 Å². The third-order valence-corrected chi connectivity index (χ3v) is 1.66. The maximum Gasteiger partial charge on any atom is 2.00 e. The van der Waals surface area contributed by atoms with Crippen LogP contribution in [-0.4, -0.2) is 0 Å². The van der Waals surface area contributed by atoms with E-state index in [4.69, 9.17) is 10.5 Å². The molecule has 0 aliphatic rings. The Balaban J connectivity index is 0.000000284. The quantitative estimate of drug-likeness (QED) is 0.555. The van der Waals surface area contributed by atoms with Crippen LogP contribution in [0.3, 0.4) is 0 Å². The molecule has 0 aliphatic heterocycles. The standard InChI is InChI=1S/2C7H4N.Pd/c2*8-6-7-4-2-1-3-5-7;/h2*1-4H;/q2*-1;+2. The molecule has 0 unspecified atom stereocenters. The molecule has 0 bridgehead atoms. The largest absolute Gasteiger partial charge is 2.00 e. The van der Waals surface area contributed by atoms with Crippen LogP contribution in [-0.2, 0) is 20.4 Å². The number of nitrogens with zero attached hydrogens (tertiary/aromatic N) is 2. The van der Waals surface area contributed by atoms with E-state index < -0.39 is 0 Å². The van der Waals surface area contributed by atoms with Crippen LogP contribution in [0.25, 0.3) is 0 Å². The molecule has 2 nitrogen and oxygen atoms in total. The van der Waals surface area contributed by atoms with Crippen molar-refractivity contribution in [3.05, 3.63) is 71.8 Å². The van der Waals surface area contributed by atoms with Crippen molar-refractivity contribution >= 4 is 0 Å². The number of rotatable bonds is 0. The normalized spacial score (nSPS) is 7.41. The van der Waals surface area contributed by atoms with Crippen molar-refractivity contribution in [2.24, 2.45) is 0 Å². The molecule has 0 N–H and O–H groups in total. The van der Waals surface area contributed by atoms with Crippen LogP contribution in [0, 0.1) is 34.8 Å². The number of nitriles is 2. The van der Waals surface area contributed by atoms with E-state index in [9.17, 15) is 0 Å². The predicted molar refractivity (Wildman–Crippen MR) is 60.0 cm³/mol. The maximum atomic E-state index is 8.26. The minimum atomic E-state index is 0. The van der Waals surface area contributed by atoms with Gasteiger partial charge in [0, 0.05) is 0 Å². The summed E-state index contributed by atoms with van der Waals surface area (Å²) in [6.07, 6.45) is 0. The molecule has 0 aromatic heterocycles. The molecule has 17 heavy (non-hydrogen) atoms. The summed E-state index contributed by atoms with van der Waals surface area (Å²) in [4.78, 5) is 0. The third-order valence-electron chi connectivity index (χ3n) is 1.66. The van der Waals surface area contributed by atoms with Gasteiger partial charge in [-0.1, -0.05) is 11.1 Å². The van der Waals surface area contributed by atoms with Crippen LogP contribution in [0.4, 0.5) is 0 Å². The van der Waals surface area contributed by atoms with E-state index >= 15 is 0 Å². The van der Waals surface area contributed by atoms with E-state index in [1.165, 1.54) is 0 Å². The van der Waals surface area contributed by atoms with Crippen LogP contribution >= 0.6 is 0 Å². The van der Waals surface area contributed by atoms with Gasteiger partial charge in [-0.2, -0.15) is 0 Å². The Morgan fingerprint density at radius 1 is 0.765 bits per heavy atom.